The summed E-state index contributed by atoms with van der Waals surface area (Å²) in [7, 11) is 0. The highest BCUT2D eigenvalue weighted by molar-refractivity contribution is 6.05. The lowest BCUT2D eigenvalue weighted by Gasteiger charge is -2.07. The molecule has 6 heteroatoms. The molecule has 1 aliphatic rings. The number of hydrogen-bond donors (Lipinski definition) is 1. The maximum Gasteiger partial charge on any atom is 0.338 e. The van der Waals surface area contributed by atoms with Gasteiger partial charge in [-0.25, -0.2) is 4.79 Å². The Labute approximate surface area is 151 Å². The number of nitrogens with one attached hydrogen (secondary N) is 1. The molecule has 0 saturated carbocycles. The number of hydrogen-bond acceptors (Lipinski definition) is 5. The van der Waals surface area contributed by atoms with Gasteiger partial charge >= 0.3 is 5.97 Å². The number of carbonyl (C=O) groups is 3. The average Bonchev–Trinajstić information content (AvgIpc) is 2.94. The zero-order valence-corrected chi connectivity index (χ0v) is 14.6. The first-order valence-corrected chi connectivity index (χ1v) is 8.37. The van der Waals surface area contributed by atoms with Gasteiger partial charge in [-0.2, -0.15) is 0 Å². The normalized spacial score (nSPS) is 15.2. The summed E-state index contributed by atoms with van der Waals surface area (Å²) < 4.78 is 10.4. The fraction of sp³-hybridized carbons (Fsp3) is 0.250. The molecule has 0 saturated heterocycles. The molecule has 0 spiro atoms. The minimum Gasteiger partial charge on any atom is -0.494 e. The SMILES string of the molecule is CCOc1ccc(C(=O)OCC(=O)c2ccc3c(c2)[C@@H](C)C(=O)N3)cc1. The quantitative estimate of drug-likeness (QED) is 0.637. The molecule has 0 bridgehead atoms. The summed E-state index contributed by atoms with van der Waals surface area (Å²) in [5.74, 6) is -0.627. The van der Waals surface area contributed by atoms with Gasteiger partial charge in [0.25, 0.3) is 0 Å². The minimum atomic E-state index is -0.576. The highest BCUT2D eigenvalue weighted by Crippen LogP contribution is 2.32. The number of ketones is 1. The maximum atomic E-state index is 12.3. The maximum absolute atomic E-state index is 12.3. The van der Waals surface area contributed by atoms with Crippen LogP contribution in [0.15, 0.2) is 42.5 Å². The Morgan fingerprint density at radius 3 is 2.46 bits per heavy atom. The standard InChI is InChI=1S/C20H19NO5/c1-3-25-15-7-4-13(5-8-15)20(24)26-11-18(22)14-6-9-17-16(10-14)12(2)19(23)21-17/h4-10,12H,3,11H2,1-2H3,(H,21,23)/t12-/m1/s1. The van der Waals surface area contributed by atoms with Crippen molar-refractivity contribution in [3.8, 4) is 5.75 Å². The van der Waals surface area contributed by atoms with Crippen LogP contribution in [0.5, 0.6) is 5.75 Å². The van der Waals surface area contributed by atoms with Crippen molar-refractivity contribution in [1.82, 2.24) is 0 Å². The first-order chi connectivity index (χ1) is 12.5. The lowest BCUT2D eigenvalue weighted by molar-refractivity contribution is -0.116. The molecule has 134 valence electrons. The Bertz CT molecular complexity index is 857. The number of rotatable bonds is 6. The highest BCUT2D eigenvalue weighted by Gasteiger charge is 2.27. The van der Waals surface area contributed by atoms with Crippen LogP contribution >= 0.6 is 0 Å². The van der Waals surface area contributed by atoms with Crippen LogP contribution < -0.4 is 10.1 Å². The van der Waals surface area contributed by atoms with Crippen LogP contribution in [-0.2, 0) is 9.53 Å². The van der Waals surface area contributed by atoms with Crippen LogP contribution in [0.3, 0.4) is 0 Å². The minimum absolute atomic E-state index is 0.0912. The van der Waals surface area contributed by atoms with E-state index in [1.165, 1.54) is 0 Å². The Hall–Kier alpha value is -3.15. The van der Waals surface area contributed by atoms with E-state index in [9.17, 15) is 14.4 Å². The van der Waals surface area contributed by atoms with E-state index in [1.54, 1.807) is 49.4 Å². The number of esters is 1. The molecule has 0 radical (unpaired) electrons. The summed E-state index contributed by atoms with van der Waals surface area (Å²) in [6, 6.07) is 11.5. The summed E-state index contributed by atoms with van der Waals surface area (Å²) in [5, 5.41) is 2.75. The van der Waals surface area contributed by atoms with Gasteiger partial charge in [-0.05, 0) is 61.9 Å². The number of Topliss-reactive ketones (excluding diaryl/α,β-unsaturated/α-hetero) is 1. The third kappa shape index (κ3) is 3.59. The second-order valence-electron chi connectivity index (χ2n) is 5.97. The molecule has 2 aromatic rings. The molecule has 3 rings (SSSR count). The molecule has 0 fully saturated rings. The largest absolute Gasteiger partial charge is 0.494 e. The summed E-state index contributed by atoms with van der Waals surface area (Å²) in [4.78, 5) is 36.0. The zero-order chi connectivity index (χ0) is 18.7. The molecule has 1 aliphatic heterocycles. The molecule has 6 nitrogen and oxygen atoms in total. The van der Waals surface area contributed by atoms with Gasteiger partial charge in [0.05, 0.1) is 18.1 Å². The van der Waals surface area contributed by atoms with Gasteiger partial charge < -0.3 is 14.8 Å². The summed E-state index contributed by atoms with van der Waals surface area (Å²) in [6.07, 6.45) is 0. The van der Waals surface area contributed by atoms with Crippen LogP contribution in [-0.4, -0.2) is 30.9 Å². The van der Waals surface area contributed by atoms with Gasteiger partial charge in [-0.15, -0.1) is 0 Å². The van der Waals surface area contributed by atoms with Crippen molar-refractivity contribution in [3.63, 3.8) is 0 Å². The van der Waals surface area contributed by atoms with Crippen LogP contribution in [0.25, 0.3) is 0 Å². The molecule has 0 unspecified atom stereocenters. The Kier molecular flexibility index (Phi) is 5.02. The molecule has 1 atom stereocenters. The van der Waals surface area contributed by atoms with Gasteiger partial charge in [-0.1, -0.05) is 0 Å². The smallest absolute Gasteiger partial charge is 0.338 e. The number of benzene rings is 2. The fourth-order valence-electron chi connectivity index (χ4n) is 2.74. The van der Waals surface area contributed by atoms with Crippen molar-refractivity contribution in [2.45, 2.75) is 19.8 Å². The second kappa shape index (κ2) is 7.39. The molecular weight excluding hydrogens is 334 g/mol. The zero-order valence-electron chi connectivity index (χ0n) is 14.6. The van der Waals surface area contributed by atoms with Crippen molar-refractivity contribution >= 4 is 23.3 Å². The van der Waals surface area contributed by atoms with E-state index >= 15 is 0 Å². The third-order valence-electron chi connectivity index (χ3n) is 4.23. The summed E-state index contributed by atoms with van der Waals surface area (Å²) >= 11 is 0. The van der Waals surface area contributed by atoms with Crippen LogP contribution in [0, 0.1) is 0 Å². The van der Waals surface area contributed by atoms with Gasteiger partial charge in [0.15, 0.2) is 12.4 Å². The Morgan fingerprint density at radius 2 is 1.77 bits per heavy atom. The first kappa shape index (κ1) is 17.7. The molecule has 1 N–H and O–H groups in total. The lowest BCUT2D eigenvalue weighted by atomic mass is 9.99. The monoisotopic (exact) mass is 353 g/mol. The topological polar surface area (TPSA) is 81.7 Å². The van der Waals surface area contributed by atoms with Crippen molar-refractivity contribution in [3.05, 3.63) is 59.2 Å². The summed E-state index contributed by atoms with van der Waals surface area (Å²) in [5.41, 5.74) is 2.24. The fourth-order valence-corrected chi connectivity index (χ4v) is 2.74. The van der Waals surface area contributed by atoms with Crippen LogP contribution in [0.2, 0.25) is 0 Å². The Balaban J connectivity index is 1.62. The van der Waals surface area contributed by atoms with E-state index in [-0.39, 0.29) is 24.2 Å². The van der Waals surface area contributed by atoms with Gasteiger partial charge in [0, 0.05) is 11.3 Å². The molecule has 1 amide bonds. The average molecular weight is 353 g/mol. The predicted octanol–water partition coefficient (Wildman–Crippen LogP) is 3.18. The number of ether oxygens (including phenoxy) is 2. The molecule has 1 heterocycles. The molecular formula is C20H19NO5. The van der Waals surface area contributed by atoms with Gasteiger partial charge in [-0.3, -0.25) is 9.59 Å². The highest BCUT2D eigenvalue weighted by atomic mass is 16.5. The van der Waals surface area contributed by atoms with Crippen molar-refractivity contribution < 1.29 is 23.9 Å². The van der Waals surface area contributed by atoms with Gasteiger partial charge in [0.2, 0.25) is 5.91 Å². The van der Waals surface area contributed by atoms with Crippen LogP contribution in [0.1, 0.15) is 46.0 Å². The summed E-state index contributed by atoms with van der Waals surface area (Å²) in [6.45, 7) is 3.83. The van der Waals surface area contributed by atoms with Crippen molar-refractivity contribution in [1.29, 1.82) is 0 Å². The molecule has 0 aliphatic carbocycles. The van der Waals surface area contributed by atoms with Gasteiger partial charge in [0.1, 0.15) is 5.75 Å². The number of amides is 1. The molecule has 2 aromatic carbocycles. The molecule has 0 aromatic heterocycles. The van der Waals surface area contributed by atoms with E-state index in [0.717, 1.165) is 5.56 Å². The van der Waals surface area contributed by atoms with Crippen LogP contribution in [0.4, 0.5) is 5.69 Å². The number of anilines is 1. The first-order valence-electron chi connectivity index (χ1n) is 8.37. The van der Waals surface area contributed by atoms with E-state index in [2.05, 4.69) is 5.32 Å². The second-order valence-corrected chi connectivity index (χ2v) is 5.97. The van der Waals surface area contributed by atoms with E-state index in [1.807, 2.05) is 6.92 Å². The number of fused-ring (bicyclic) bond motifs is 1. The van der Waals surface area contributed by atoms with E-state index in [0.29, 0.717) is 29.2 Å². The van der Waals surface area contributed by atoms with Crippen molar-refractivity contribution in [2.75, 3.05) is 18.5 Å². The molecule has 26 heavy (non-hydrogen) atoms. The third-order valence-corrected chi connectivity index (χ3v) is 4.23. The van der Waals surface area contributed by atoms with E-state index in [4.69, 9.17) is 9.47 Å². The predicted molar refractivity (Wildman–Crippen MR) is 95.7 cm³/mol. The lowest BCUT2D eigenvalue weighted by Crippen LogP contribution is -2.14. The Morgan fingerprint density at radius 1 is 1.08 bits per heavy atom. The van der Waals surface area contributed by atoms with Crippen molar-refractivity contribution in [2.24, 2.45) is 0 Å². The van der Waals surface area contributed by atoms with E-state index < -0.39 is 5.97 Å². The number of carbonyl (C=O) groups excluding carboxylic acids is 3.